The summed E-state index contributed by atoms with van der Waals surface area (Å²) >= 11 is 0. The van der Waals surface area contributed by atoms with Crippen LogP contribution in [0.2, 0.25) is 0 Å². The van der Waals surface area contributed by atoms with Crippen molar-refractivity contribution in [1.82, 2.24) is 5.32 Å². The van der Waals surface area contributed by atoms with Crippen molar-refractivity contribution in [3.05, 3.63) is 0 Å². The summed E-state index contributed by atoms with van der Waals surface area (Å²) in [5.41, 5.74) is 5.45. The summed E-state index contributed by atoms with van der Waals surface area (Å²) in [5, 5.41) is 3.01. The van der Waals surface area contributed by atoms with Gasteiger partial charge in [-0.15, -0.1) is 0 Å². The normalized spacial score (nSPS) is 26.1. The van der Waals surface area contributed by atoms with E-state index in [1.807, 2.05) is 0 Å². The highest BCUT2D eigenvalue weighted by molar-refractivity contribution is 5.77. The van der Waals surface area contributed by atoms with Crippen molar-refractivity contribution in [2.24, 2.45) is 11.7 Å². The molecule has 0 bridgehead atoms. The zero-order chi connectivity index (χ0) is 11.3. The van der Waals surface area contributed by atoms with E-state index in [4.69, 9.17) is 10.5 Å². The molecule has 15 heavy (non-hydrogen) atoms. The van der Waals surface area contributed by atoms with Crippen molar-refractivity contribution in [1.29, 1.82) is 0 Å². The number of hydrogen-bond acceptors (Lipinski definition) is 3. The average Bonchev–Trinajstić information content (AvgIpc) is 2.93. The minimum atomic E-state index is -0.145. The molecule has 1 amide bonds. The maximum absolute atomic E-state index is 11.5. The molecule has 0 aromatic heterocycles. The second kappa shape index (κ2) is 6.08. The predicted molar refractivity (Wildman–Crippen MR) is 59.4 cm³/mol. The molecule has 0 saturated heterocycles. The molecule has 1 aliphatic carbocycles. The topological polar surface area (TPSA) is 64.4 Å². The summed E-state index contributed by atoms with van der Waals surface area (Å²) in [7, 11) is 1.59. The number of carbonyl (C=O) groups is 1. The van der Waals surface area contributed by atoms with E-state index >= 15 is 0 Å². The van der Waals surface area contributed by atoms with Gasteiger partial charge in [0.15, 0.2) is 0 Å². The van der Waals surface area contributed by atoms with Gasteiger partial charge in [0, 0.05) is 19.7 Å². The van der Waals surface area contributed by atoms with Crippen LogP contribution in [0.25, 0.3) is 0 Å². The van der Waals surface area contributed by atoms with Gasteiger partial charge in [-0.25, -0.2) is 0 Å². The molecule has 0 aromatic carbocycles. The first kappa shape index (κ1) is 12.5. The Morgan fingerprint density at radius 1 is 1.67 bits per heavy atom. The number of amides is 1. The number of carbonyl (C=O) groups excluding carboxylic acids is 1. The summed E-state index contributed by atoms with van der Waals surface area (Å²) in [6, 6.07) is 0.410. The van der Waals surface area contributed by atoms with Gasteiger partial charge in [0.05, 0.1) is 12.5 Å². The SMILES string of the molecule is CCCC1CC1NC(=O)CC(CN)OC. The fourth-order valence-corrected chi connectivity index (χ4v) is 1.85. The molecule has 0 heterocycles. The molecule has 0 spiro atoms. The lowest BCUT2D eigenvalue weighted by atomic mass is 10.2. The smallest absolute Gasteiger partial charge is 0.222 e. The molecule has 3 N–H and O–H groups in total. The first-order valence-electron chi connectivity index (χ1n) is 5.73. The standard InChI is InChI=1S/C11H22N2O2/c1-3-4-8-5-10(8)13-11(14)6-9(7-12)15-2/h8-10H,3-7,12H2,1-2H3,(H,13,14). The molecule has 0 aliphatic heterocycles. The number of rotatable bonds is 7. The van der Waals surface area contributed by atoms with Gasteiger partial charge in [-0.3, -0.25) is 4.79 Å². The van der Waals surface area contributed by atoms with E-state index < -0.39 is 0 Å². The van der Waals surface area contributed by atoms with E-state index in [2.05, 4.69) is 12.2 Å². The molecule has 1 aliphatic rings. The maximum Gasteiger partial charge on any atom is 0.222 e. The van der Waals surface area contributed by atoms with Gasteiger partial charge < -0.3 is 15.8 Å². The van der Waals surface area contributed by atoms with Gasteiger partial charge in [0.25, 0.3) is 0 Å². The zero-order valence-electron chi connectivity index (χ0n) is 9.66. The summed E-state index contributed by atoms with van der Waals surface area (Å²) in [4.78, 5) is 11.5. The molecule has 1 saturated carbocycles. The molecule has 3 unspecified atom stereocenters. The molecule has 3 atom stereocenters. The Morgan fingerprint density at radius 2 is 2.40 bits per heavy atom. The maximum atomic E-state index is 11.5. The van der Waals surface area contributed by atoms with Crippen LogP contribution in [-0.4, -0.2) is 31.7 Å². The van der Waals surface area contributed by atoms with Crippen LogP contribution in [0.3, 0.4) is 0 Å². The monoisotopic (exact) mass is 214 g/mol. The Bertz CT molecular complexity index is 205. The second-order valence-electron chi connectivity index (χ2n) is 4.26. The summed E-state index contributed by atoms with van der Waals surface area (Å²) < 4.78 is 5.06. The highest BCUT2D eigenvalue weighted by Gasteiger charge is 2.37. The lowest BCUT2D eigenvalue weighted by Crippen LogP contribution is -2.33. The molecule has 1 rings (SSSR count). The zero-order valence-corrected chi connectivity index (χ0v) is 9.66. The van der Waals surface area contributed by atoms with Gasteiger partial charge in [-0.1, -0.05) is 13.3 Å². The number of nitrogens with two attached hydrogens (primary N) is 1. The van der Waals surface area contributed by atoms with Crippen molar-refractivity contribution in [2.45, 2.75) is 44.8 Å². The lowest BCUT2D eigenvalue weighted by Gasteiger charge is -2.12. The Balaban J connectivity index is 2.14. The minimum absolute atomic E-state index is 0.0657. The lowest BCUT2D eigenvalue weighted by molar-refractivity contribution is -0.123. The van der Waals surface area contributed by atoms with Gasteiger partial charge in [0.1, 0.15) is 0 Å². The summed E-state index contributed by atoms with van der Waals surface area (Å²) in [5.74, 6) is 0.772. The van der Waals surface area contributed by atoms with Crippen LogP contribution in [0, 0.1) is 5.92 Å². The van der Waals surface area contributed by atoms with Crippen molar-refractivity contribution in [3.63, 3.8) is 0 Å². The van der Waals surface area contributed by atoms with Crippen LogP contribution in [0.15, 0.2) is 0 Å². The number of methoxy groups -OCH3 is 1. The third-order valence-corrected chi connectivity index (χ3v) is 2.94. The fraction of sp³-hybridized carbons (Fsp3) is 0.909. The van der Waals surface area contributed by atoms with E-state index in [0.717, 1.165) is 6.42 Å². The van der Waals surface area contributed by atoms with Crippen molar-refractivity contribution >= 4 is 5.91 Å². The largest absolute Gasteiger partial charge is 0.380 e. The third-order valence-electron chi connectivity index (χ3n) is 2.94. The van der Waals surface area contributed by atoms with Crippen molar-refractivity contribution < 1.29 is 9.53 Å². The second-order valence-corrected chi connectivity index (χ2v) is 4.26. The summed E-state index contributed by atoms with van der Waals surface area (Å²) in [6.45, 7) is 2.57. The molecular formula is C11H22N2O2. The average molecular weight is 214 g/mol. The molecule has 0 aromatic rings. The van der Waals surface area contributed by atoms with Crippen LogP contribution in [0.1, 0.15) is 32.6 Å². The Kier molecular flexibility index (Phi) is 5.05. The van der Waals surface area contributed by atoms with Gasteiger partial charge in [0.2, 0.25) is 5.91 Å². The van der Waals surface area contributed by atoms with E-state index in [1.54, 1.807) is 7.11 Å². The predicted octanol–water partition coefficient (Wildman–Crippen LogP) is 0.655. The Morgan fingerprint density at radius 3 is 2.93 bits per heavy atom. The molecule has 1 fully saturated rings. The first-order valence-corrected chi connectivity index (χ1v) is 5.73. The first-order chi connectivity index (χ1) is 7.21. The van der Waals surface area contributed by atoms with Gasteiger partial charge >= 0.3 is 0 Å². The molecular weight excluding hydrogens is 192 g/mol. The van der Waals surface area contributed by atoms with E-state index in [-0.39, 0.29) is 12.0 Å². The number of nitrogens with one attached hydrogen (secondary N) is 1. The van der Waals surface area contributed by atoms with Crippen molar-refractivity contribution in [2.75, 3.05) is 13.7 Å². The number of hydrogen-bond donors (Lipinski definition) is 2. The van der Waals surface area contributed by atoms with E-state index in [0.29, 0.717) is 24.9 Å². The minimum Gasteiger partial charge on any atom is -0.380 e. The molecule has 0 radical (unpaired) electrons. The Labute approximate surface area is 91.5 Å². The molecule has 88 valence electrons. The fourth-order valence-electron chi connectivity index (χ4n) is 1.85. The van der Waals surface area contributed by atoms with Crippen LogP contribution in [0.4, 0.5) is 0 Å². The van der Waals surface area contributed by atoms with Crippen molar-refractivity contribution in [3.8, 4) is 0 Å². The van der Waals surface area contributed by atoms with E-state index in [1.165, 1.54) is 12.8 Å². The van der Waals surface area contributed by atoms with Crippen LogP contribution in [-0.2, 0) is 9.53 Å². The third kappa shape index (κ3) is 4.18. The van der Waals surface area contributed by atoms with Crippen LogP contribution in [0.5, 0.6) is 0 Å². The van der Waals surface area contributed by atoms with Gasteiger partial charge in [-0.05, 0) is 18.8 Å². The molecule has 4 heteroatoms. The quantitative estimate of drug-likeness (QED) is 0.654. The Hall–Kier alpha value is -0.610. The number of ether oxygens (including phenoxy) is 1. The highest BCUT2D eigenvalue weighted by atomic mass is 16.5. The molecule has 4 nitrogen and oxygen atoms in total. The van der Waals surface area contributed by atoms with E-state index in [9.17, 15) is 4.79 Å². The summed E-state index contributed by atoms with van der Waals surface area (Å²) in [6.07, 6.45) is 3.78. The van der Waals surface area contributed by atoms with Crippen LogP contribution >= 0.6 is 0 Å². The van der Waals surface area contributed by atoms with Crippen LogP contribution < -0.4 is 11.1 Å². The highest BCUT2D eigenvalue weighted by Crippen LogP contribution is 2.34. The van der Waals surface area contributed by atoms with Gasteiger partial charge in [-0.2, -0.15) is 0 Å².